The second kappa shape index (κ2) is 11.4. The molecule has 3 aromatic rings. The van der Waals surface area contributed by atoms with E-state index in [1.54, 1.807) is 38.5 Å². The normalized spacial score (nSPS) is 17.1. The summed E-state index contributed by atoms with van der Waals surface area (Å²) in [6.45, 7) is 4.69. The quantitative estimate of drug-likeness (QED) is 0.409. The zero-order valence-corrected chi connectivity index (χ0v) is 21.8. The number of hydrogen-bond donors (Lipinski definition) is 1. The standard InChI is InChI=1S/C29H33N3O6/c1-36-24-10-5-11-25(37-2)27(24)38-19-21(33)18-31-14-12-30(13-15-31)16-17-32-28(34)22-8-3-6-20-7-4-9-23(26(20)22)29(32)35/h3-11,21,33H,12-19H2,1-2H3/t21-/m0/s1. The number of hydrogen-bond acceptors (Lipinski definition) is 8. The maximum absolute atomic E-state index is 13.1. The van der Waals surface area contributed by atoms with Crippen LogP contribution in [0.25, 0.3) is 10.8 Å². The molecule has 0 radical (unpaired) electrons. The van der Waals surface area contributed by atoms with Crippen LogP contribution in [0.1, 0.15) is 20.7 Å². The first-order valence-electron chi connectivity index (χ1n) is 12.8. The fraction of sp³-hybridized carbons (Fsp3) is 0.379. The number of carbonyl (C=O) groups excluding carboxylic acids is 2. The predicted molar refractivity (Wildman–Crippen MR) is 143 cm³/mol. The van der Waals surface area contributed by atoms with E-state index in [2.05, 4.69) is 9.80 Å². The summed E-state index contributed by atoms with van der Waals surface area (Å²) in [7, 11) is 3.13. The molecule has 38 heavy (non-hydrogen) atoms. The van der Waals surface area contributed by atoms with Crippen molar-refractivity contribution < 1.29 is 28.9 Å². The Kier molecular flexibility index (Phi) is 7.78. The van der Waals surface area contributed by atoms with E-state index in [1.807, 2.05) is 30.3 Å². The van der Waals surface area contributed by atoms with Gasteiger partial charge in [-0.3, -0.25) is 24.3 Å². The summed E-state index contributed by atoms with van der Waals surface area (Å²) in [6, 6.07) is 16.6. The van der Waals surface area contributed by atoms with Crippen LogP contribution >= 0.6 is 0 Å². The first kappa shape index (κ1) is 26.0. The van der Waals surface area contributed by atoms with E-state index < -0.39 is 6.10 Å². The van der Waals surface area contributed by atoms with Crippen molar-refractivity contribution in [3.63, 3.8) is 0 Å². The third-order valence-corrected chi connectivity index (χ3v) is 7.23. The van der Waals surface area contributed by atoms with Gasteiger partial charge in [-0.2, -0.15) is 0 Å². The molecule has 2 aliphatic rings. The van der Waals surface area contributed by atoms with Gasteiger partial charge in [-0.25, -0.2) is 0 Å². The molecule has 0 aromatic heterocycles. The molecule has 0 bridgehead atoms. The number of aliphatic hydroxyl groups is 1. The van der Waals surface area contributed by atoms with Crippen molar-refractivity contribution in [2.45, 2.75) is 6.10 Å². The number of imide groups is 1. The van der Waals surface area contributed by atoms with E-state index in [0.29, 0.717) is 48.0 Å². The van der Waals surface area contributed by atoms with E-state index in [4.69, 9.17) is 14.2 Å². The Morgan fingerprint density at radius 1 is 0.789 bits per heavy atom. The second-order valence-electron chi connectivity index (χ2n) is 9.57. The Bertz CT molecular complexity index is 1250. The second-order valence-corrected chi connectivity index (χ2v) is 9.57. The maximum atomic E-state index is 13.1. The number of para-hydroxylation sites is 1. The lowest BCUT2D eigenvalue weighted by molar-refractivity contribution is 0.0406. The minimum absolute atomic E-state index is 0.115. The van der Waals surface area contributed by atoms with Gasteiger partial charge in [-0.15, -0.1) is 0 Å². The Morgan fingerprint density at radius 2 is 1.34 bits per heavy atom. The number of β-amino-alcohol motifs (C(OH)–C–C–N with tert-alkyl or cyclic N) is 1. The molecule has 0 saturated carbocycles. The number of aliphatic hydroxyl groups excluding tert-OH is 1. The minimum Gasteiger partial charge on any atom is -0.493 e. The Labute approximate surface area is 222 Å². The van der Waals surface area contributed by atoms with E-state index in [0.717, 1.165) is 37.0 Å². The highest BCUT2D eigenvalue weighted by atomic mass is 16.5. The van der Waals surface area contributed by atoms with Crippen LogP contribution in [0, 0.1) is 0 Å². The highest BCUT2D eigenvalue weighted by molar-refractivity contribution is 6.25. The van der Waals surface area contributed by atoms with Gasteiger partial charge in [-0.05, 0) is 29.7 Å². The zero-order chi connectivity index (χ0) is 26.6. The molecule has 1 atom stereocenters. The molecule has 9 nitrogen and oxygen atoms in total. The lowest BCUT2D eigenvalue weighted by Crippen LogP contribution is -2.51. The van der Waals surface area contributed by atoms with Gasteiger partial charge in [0.05, 0.1) is 14.2 Å². The molecule has 0 unspecified atom stereocenters. The van der Waals surface area contributed by atoms with Gasteiger partial charge in [0.25, 0.3) is 11.8 Å². The van der Waals surface area contributed by atoms with Gasteiger partial charge < -0.3 is 19.3 Å². The summed E-state index contributed by atoms with van der Waals surface area (Å²) in [6.07, 6.45) is -0.678. The van der Waals surface area contributed by atoms with Crippen molar-refractivity contribution in [1.29, 1.82) is 0 Å². The van der Waals surface area contributed by atoms with Crippen molar-refractivity contribution >= 4 is 22.6 Å². The highest BCUT2D eigenvalue weighted by Crippen LogP contribution is 2.36. The number of carbonyl (C=O) groups is 2. The van der Waals surface area contributed by atoms with Gasteiger partial charge in [0, 0.05) is 62.3 Å². The maximum Gasteiger partial charge on any atom is 0.261 e. The van der Waals surface area contributed by atoms with Crippen molar-refractivity contribution in [2.24, 2.45) is 0 Å². The van der Waals surface area contributed by atoms with Crippen LogP contribution in [0.15, 0.2) is 54.6 Å². The lowest BCUT2D eigenvalue weighted by Gasteiger charge is -2.36. The summed E-state index contributed by atoms with van der Waals surface area (Å²) in [5, 5.41) is 12.2. The number of benzene rings is 3. The summed E-state index contributed by atoms with van der Waals surface area (Å²) >= 11 is 0. The minimum atomic E-state index is -0.678. The van der Waals surface area contributed by atoms with E-state index in [-0.39, 0.29) is 18.4 Å². The molecule has 1 saturated heterocycles. The van der Waals surface area contributed by atoms with Gasteiger partial charge >= 0.3 is 0 Å². The lowest BCUT2D eigenvalue weighted by atomic mass is 9.94. The Hall–Kier alpha value is -3.66. The Morgan fingerprint density at radius 3 is 1.92 bits per heavy atom. The van der Waals surface area contributed by atoms with Crippen LogP contribution in [0.3, 0.4) is 0 Å². The van der Waals surface area contributed by atoms with Crippen molar-refractivity contribution in [3.05, 3.63) is 65.7 Å². The predicted octanol–water partition coefficient (Wildman–Crippen LogP) is 2.51. The van der Waals surface area contributed by atoms with Crippen LogP contribution in [-0.4, -0.2) is 104 Å². The molecule has 200 valence electrons. The molecule has 0 aliphatic carbocycles. The molecule has 2 heterocycles. The summed E-state index contributed by atoms with van der Waals surface area (Å²) in [4.78, 5) is 32.1. The number of methoxy groups -OCH3 is 2. The van der Waals surface area contributed by atoms with Crippen molar-refractivity contribution in [1.82, 2.24) is 14.7 Å². The van der Waals surface area contributed by atoms with Crippen molar-refractivity contribution in [2.75, 3.05) is 66.6 Å². The molecule has 1 fully saturated rings. The fourth-order valence-electron chi connectivity index (χ4n) is 5.21. The number of ether oxygens (including phenoxy) is 3. The van der Waals surface area contributed by atoms with Gasteiger partial charge in [0.1, 0.15) is 12.7 Å². The topological polar surface area (TPSA) is 91.8 Å². The SMILES string of the molecule is COc1cccc(OC)c1OC[C@@H](O)CN1CCN(CCN2C(=O)c3cccc4cccc(c34)C2=O)CC1. The van der Waals surface area contributed by atoms with Crippen molar-refractivity contribution in [3.8, 4) is 17.2 Å². The fourth-order valence-corrected chi connectivity index (χ4v) is 5.21. The number of nitrogens with zero attached hydrogens (tertiary/aromatic N) is 3. The molecule has 5 rings (SSSR count). The molecule has 2 amide bonds. The van der Waals surface area contributed by atoms with Gasteiger partial charge in [0.2, 0.25) is 5.75 Å². The van der Waals surface area contributed by atoms with E-state index >= 15 is 0 Å². The molecule has 0 spiro atoms. The van der Waals surface area contributed by atoms with Gasteiger partial charge in [-0.1, -0.05) is 30.3 Å². The first-order valence-corrected chi connectivity index (χ1v) is 12.8. The number of amides is 2. The first-order chi connectivity index (χ1) is 18.5. The number of rotatable bonds is 10. The average molecular weight is 520 g/mol. The van der Waals surface area contributed by atoms with E-state index in [9.17, 15) is 14.7 Å². The molecular formula is C29H33N3O6. The van der Waals surface area contributed by atoms with Crippen LogP contribution in [-0.2, 0) is 0 Å². The zero-order valence-electron chi connectivity index (χ0n) is 21.8. The molecule has 1 N–H and O–H groups in total. The molecule has 2 aliphatic heterocycles. The van der Waals surface area contributed by atoms with Crippen LogP contribution in [0.2, 0.25) is 0 Å². The monoisotopic (exact) mass is 519 g/mol. The van der Waals surface area contributed by atoms with E-state index in [1.165, 1.54) is 4.90 Å². The largest absolute Gasteiger partial charge is 0.493 e. The van der Waals surface area contributed by atoms with Crippen LogP contribution in [0.4, 0.5) is 0 Å². The molecule has 9 heteroatoms. The highest BCUT2D eigenvalue weighted by Gasteiger charge is 2.33. The average Bonchev–Trinajstić information content (AvgIpc) is 2.95. The van der Waals surface area contributed by atoms with Gasteiger partial charge in [0.15, 0.2) is 11.5 Å². The van der Waals surface area contributed by atoms with Crippen LogP contribution in [0.5, 0.6) is 17.2 Å². The summed E-state index contributed by atoms with van der Waals surface area (Å²) < 4.78 is 16.5. The third kappa shape index (κ3) is 5.18. The Balaban J connectivity index is 1.10. The van der Waals surface area contributed by atoms with Crippen LogP contribution < -0.4 is 14.2 Å². The number of piperazine rings is 1. The molecule has 3 aromatic carbocycles. The third-order valence-electron chi connectivity index (χ3n) is 7.23. The molecular weight excluding hydrogens is 486 g/mol. The smallest absolute Gasteiger partial charge is 0.261 e. The summed E-state index contributed by atoms with van der Waals surface area (Å²) in [5.41, 5.74) is 1.17. The summed E-state index contributed by atoms with van der Waals surface area (Å²) in [5.74, 6) is 1.12.